The summed E-state index contributed by atoms with van der Waals surface area (Å²) in [6.45, 7) is 0.795. The van der Waals surface area contributed by atoms with Gasteiger partial charge in [0, 0.05) is 24.5 Å². The Bertz CT molecular complexity index is 710. The maximum absolute atomic E-state index is 9.59. The maximum atomic E-state index is 9.59. The molecule has 0 amide bonds. The molecule has 3 nitrogen and oxygen atoms in total. The third-order valence-corrected chi connectivity index (χ3v) is 4.04. The van der Waals surface area contributed by atoms with Crippen LogP contribution in [0.15, 0.2) is 47.2 Å². The van der Waals surface area contributed by atoms with Gasteiger partial charge in [-0.15, -0.1) is 0 Å². The Balaban J connectivity index is 2.00. The van der Waals surface area contributed by atoms with Crippen molar-refractivity contribution in [1.82, 2.24) is 4.98 Å². The van der Waals surface area contributed by atoms with Crippen molar-refractivity contribution in [3.8, 4) is 0 Å². The number of para-hydroxylation sites is 1. The van der Waals surface area contributed by atoms with Crippen molar-refractivity contribution < 1.29 is 5.11 Å². The quantitative estimate of drug-likeness (QED) is 0.797. The van der Waals surface area contributed by atoms with E-state index in [1.807, 2.05) is 37.4 Å². The molecule has 1 N–H and O–H groups in total. The Morgan fingerprint density at radius 3 is 2.85 bits per heavy atom. The van der Waals surface area contributed by atoms with E-state index in [0.717, 1.165) is 28.8 Å². The fourth-order valence-corrected chi connectivity index (χ4v) is 2.99. The lowest BCUT2D eigenvalue weighted by atomic mass is 10.1. The van der Waals surface area contributed by atoms with Gasteiger partial charge in [-0.1, -0.05) is 18.2 Å². The predicted octanol–water partition coefficient (Wildman–Crippen LogP) is 3.43. The van der Waals surface area contributed by atoms with E-state index in [2.05, 4.69) is 21.7 Å². The lowest BCUT2D eigenvalue weighted by Crippen LogP contribution is -2.19. The number of nitrogens with zero attached hydrogens (tertiary/aromatic N) is 2. The average molecular weight is 284 g/mol. The molecular formula is C16H16N2OS. The monoisotopic (exact) mass is 284 g/mol. The molecule has 2 aromatic heterocycles. The van der Waals surface area contributed by atoms with Crippen LogP contribution in [-0.2, 0) is 13.2 Å². The highest BCUT2D eigenvalue weighted by atomic mass is 32.1. The molecule has 0 radical (unpaired) electrons. The zero-order valence-electron chi connectivity index (χ0n) is 11.3. The minimum atomic E-state index is 0.00114. The largest absolute Gasteiger partial charge is 0.392 e. The first-order valence-electron chi connectivity index (χ1n) is 6.49. The van der Waals surface area contributed by atoms with Crippen molar-refractivity contribution >= 4 is 28.1 Å². The number of benzene rings is 1. The van der Waals surface area contributed by atoms with Crippen LogP contribution < -0.4 is 4.90 Å². The van der Waals surface area contributed by atoms with Gasteiger partial charge >= 0.3 is 0 Å². The van der Waals surface area contributed by atoms with E-state index < -0.39 is 0 Å². The van der Waals surface area contributed by atoms with E-state index in [4.69, 9.17) is 4.98 Å². The number of aliphatic hydroxyl groups is 1. The molecule has 3 aromatic rings. The van der Waals surface area contributed by atoms with Gasteiger partial charge in [-0.3, -0.25) is 0 Å². The zero-order valence-corrected chi connectivity index (χ0v) is 12.1. The molecule has 0 unspecified atom stereocenters. The molecular weight excluding hydrogens is 268 g/mol. The summed E-state index contributed by atoms with van der Waals surface area (Å²) in [6, 6.07) is 12.1. The number of aromatic nitrogens is 1. The van der Waals surface area contributed by atoms with E-state index in [1.54, 1.807) is 11.3 Å². The number of rotatable bonds is 4. The number of anilines is 1. The third kappa shape index (κ3) is 2.53. The first kappa shape index (κ1) is 13.1. The van der Waals surface area contributed by atoms with Crippen molar-refractivity contribution in [2.45, 2.75) is 13.2 Å². The van der Waals surface area contributed by atoms with Gasteiger partial charge in [0.2, 0.25) is 0 Å². The van der Waals surface area contributed by atoms with Crippen LogP contribution in [0.3, 0.4) is 0 Å². The number of hydrogen-bond donors (Lipinski definition) is 1. The molecule has 0 aliphatic rings. The Morgan fingerprint density at radius 1 is 1.25 bits per heavy atom. The van der Waals surface area contributed by atoms with Gasteiger partial charge in [0.25, 0.3) is 0 Å². The Kier molecular flexibility index (Phi) is 3.67. The summed E-state index contributed by atoms with van der Waals surface area (Å²) in [4.78, 5) is 6.78. The summed E-state index contributed by atoms with van der Waals surface area (Å²) >= 11 is 1.69. The molecule has 1 aromatic carbocycles. The lowest BCUT2D eigenvalue weighted by molar-refractivity contribution is 0.282. The molecule has 0 bridgehead atoms. The minimum Gasteiger partial charge on any atom is -0.392 e. The summed E-state index contributed by atoms with van der Waals surface area (Å²) in [5.74, 6) is 0.845. The van der Waals surface area contributed by atoms with Gasteiger partial charge in [0.15, 0.2) is 0 Å². The topological polar surface area (TPSA) is 36.4 Å². The molecule has 0 aliphatic carbocycles. The Labute approximate surface area is 122 Å². The summed E-state index contributed by atoms with van der Waals surface area (Å²) in [7, 11) is 2.01. The molecule has 20 heavy (non-hydrogen) atoms. The van der Waals surface area contributed by atoms with E-state index in [-0.39, 0.29) is 6.61 Å². The van der Waals surface area contributed by atoms with Crippen LogP contribution in [0.2, 0.25) is 0 Å². The van der Waals surface area contributed by atoms with Crippen LogP contribution in [0.25, 0.3) is 10.9 Å². The van der Waals surface area contributed by atoms with Gasteiger partial charge in [-0.25, -0.2) is 4.98 Å². The summed E-state index contributed by atoms with van der Waals surface area (Å²) in [6.07, 6.45) is 0. The Hall–Kier alpha value is -1.91. The Morgan fingerprint density at radius 2 is 2.10 bits per heavy atom. The molecule has 0 fully saturated rings. The second-order valence-corrected chi connectivity index (χ2v) is 5.59. The molecule has 0 saturated carbocycles. The van der Waals surface area contributed by atoms with Crippen molar-refractivity contribution in [2.75, 3.05) is 11.9 Å². The van der Waals surface area contributed by atoms with Crippen molar-refractivity contribution in [1.29, 1.82) is 0 Å². The fraction of sp³-hybridized carbons (Fsp3) is 0.188. The van der Waals surface area contributed by atoms with Crippen molar-refractivity contribution in [3.63, 3.8) is 0 Å². The molecule has 3 rings (SSSR count). The summed E-state index contributed by atoms with van der Waals surface area (Å²) in [5, 5.41) is 14.9. The van der Waals surface area contributed by atoms with Crippen LogP contribution >= 0.6 is 11.3 Å². The number of thiophene rings is 1. The first-order chi connectivity index (χ1) is 9.78. The average Bonchev–Trinajstić information content (AvgIpc) is 2.98. The lowest BCUT2D eigenvalue weighted by Gasteiger charge is -2.21. The van der Waals surface area contributed by atoms with E-state index in [9.17, 15) is 5.11 Å². The summed E-state index contributed by atoms with van der Waals surface area (Å²) in [5.41, 5.74) is 3.08. The van der Waals surface area contributed by atoms with Crippen LogP contribution in [0.4, 0.5) is 5.82 Å². The van der Waals surface area contributed by atoms with Gasteiger partial charge in [-0.2, -0.15) is 11.3 Å². The number of aliphatic hydroxyl groups excluding tert-OH is 1. The van der Waals surface area contributed by atoms with E-state index >= 15 is 0 Å². The van der Waals surface area contributed by atoms with Gasteiger partial charge in [0.1, 0.15) is 5.82 Å². The molecule has 0 aliphatic heterocycles. The van der Waals surface area contributed by atoms with Crippen LogP contribution in [-0.4, -0.2) is 17.1 Å². The highest BCUT2D eigenvalue weighted by Gasteiger charge is 2.11. The molecule has 0 atom stereocenters. The highest BCUT2D eigenvalue weighted by Crippen LogP contribution is 2.24. The predicted molar refractivity (Wildman–Crippen MR) is 84.1 cm³/mol. The SMILES string of the molecule is CN(Cc1ccsc1)c1nc2ccccc2cc1CO. The molecule has 102 valence electrons. The third-order valence-electron chi connectivity index (χ3n) is 3.31. The van der Waals surface area contributed by atoms with E-state index in [0.29, 0.717) is 0 Å². The second-order valence-electron chi connectivity index (χ2n) is 4.81. The van der Waals surface area contributed by atoms with Crippen LogP contribution in [0, 0.1) is 0 Å². The summed E-state index contributed by atoms with van der Waals surface area (Å²) < 4.78 is 0. The van der Waals surface area contributed by atoms with Crippen molar-refractivity contribution in [3.05, 3.63) is 58.3 Å². The van der Waals surface area contributed by atoms with Gasteiger partial charge in [0.05, 0.1) is 12.1 Å². The molecule has 2 heterocycles. The highest BCUT2D eigenvalue weighted by molar-refractivity contribution is 7.07. The van der Waals surface area contributed by atoms with Crippen LogP contribution in [0.1, 0.15) is 11.1 Å². The molecule has 0 saturated heterocycles. The standard InChI is InChI=1S/C16H16N2OS/c1-18(9-12-6-7-20-11-12)16-14(10-19)8-13-4-2-3-5-15(13)17-16/h2-8,11,19H,9-10H2,1H3. The second kappa shape index (κ2) is 5.61. The van der Waals surface area contributed by atoms with Gasteiger partial charge < -0.3 is 10.0 Å². The van der Waals surface area contributed by atoms with Crippen molar-refractivity contribution in [2.24, 2.45) is 0 Å². The normalized spacial score (nSPS) is 10.9. The molecule has 0 spiro atoms. The van der Waals surface area contributed by atoms with Crippen LogP contribution in [0.5, 0.6) is 0 Å². The van der Waals surface area contributed by atoms with Gasteiger partial charge in [-0.05, 0) is 34.5 Å². The number of hydrogen-bond acceptors (Lipinski definition) is 4. The fourth-order valence-electron chi connectivity index (χ4n) is 2.33. The zero-order chi connectivity index (χ0) is 13.9. The molecule has 4 heteroatoms. The maximum Gasteiger partial charge on any atom is 0.134 e. The number of pyridine rings is 1. The smallest absolute Gasteiger partial charge is 0.134 e. The first-order valence-corrected chi connectivity index (χ1v) is 7.44. The number of fused-ring (bicyclic) bond motifs is 1. The minimum absolute atomic E-state index is 0.00114. The van der Waals surface area contributed by atoms with E-state index in [1.165, 1.54) is 5.56 Å².